The third-order valence-corrected chi connectivity index (χ3v) is 5.52. The molecule has 1 saturated heterocycles. The van der Waals surface area contributed by atoms with Gasteiger partial charge in [-0.25, -0.2) is 8.78 Å². The first-order chi connectivity index (χ1) is 10.0. The van der Waals surface area contributed by atoms with Gasteiger partial charge < -0.3 is 0 Å². The molecule has 0 aliphatic carbocycles. The van der Waals surface area contributed by atoms with Gasteiger partial charge in [-0.3, -0.25) is 0 Å². The van der Waals surface area contributed by atoms with Gasteiger partial charge in [-0.2, -0.15) is 11.8 Å². The largest absolute Gasteiger partial charge is 0.207 e. The van der Waals surface area contributed by atoms with Crippen molar-refractivity contribution in [2.75, 3.05) is 0 Å². The molecule has 21 heavy (non-hydrogen) atoms. The molecule has 0 spiro atoms. The van der Waals surface area contributed by atoms with E-state index in [4.69, 9.17) is 0 Å². The third-order valence-electron chi connectivity index (χ3n) is 4.02. The highest BCUT2D eigenvalue weighted by molar-refractivity contribution is 8.00. The Labute approximate surface area is 128 Å². The molecule has 1 aliphatic rings. The van der Waals surface area contributed by atoms with Crippen molar-refractivity contribution in [2.45, 2.75) is 37.2 Å². The van der Waals surface area contributed by atoms with Crippen LogP contribution >= 0.6 is 11.8 Å². The fraction of sp³-hybridized carbons (Fsp3) is 0.333. The summed E-state index contributed by atoms with van der Waals surface area (Å²) in [4.78, 5) is 0. The van der Waals surface area contributed by atoms with Crippen molar-refractivity contribution in [2.24, 2.45) is 0 Å². The Morgan fingerprint density at radius 3 is 2.10 bits per heavy atom. The Kier molecular flexibility index (Phi) is 4.03. The first kappa shape index (κ1) is 14.6. The number of hydrogen-bond donors (Lipinski definition) is 0. The summed E-state index contributed by atoms with van der Waals surface area (Å²) >= 11 is 1.67. The van der Waals surface area contributed by atoms with Crippen LogP contribution in [0.25, 0.3) is 11.1 Å². The van der Waals surface area contributed by atoms with Crippen LogP contribution in [-0.4, -0.2) is 5.25 Å². The summed E-state index contributed by atoms with van der Waals surface area (Å²) in [6, 6.07) is 10.6. The molecule has 2 aromatic rings. The molecule has 0 amide bonds. The minimum atomic E-state index is -0.419. The van der Waals surface area contributed by atoms with E-state index in [-0.39, 0.29) is 10.8 Å². The van der Waals surface area contributed by atoms with Crippen LogP contribution in [0, 0.1) is 18.6 Å². The summed E-state index contributed by atoms with van der Waals surface area (Å²) in [5.74, 6) is -0.839. The summed E-state index contributed by atoms with van der Waals surface area (Å²) < 4.78 is 28.8. The average molecular weight is 304 g/mol. The van der Waals surface area contributed by atoms with Crippen molar-refractivity contribution in [3.8, 4) is 11.1 Å². The molecule has 3 heteroatoms. The third kappa shape index (κ3) is 2.98. The number of rotatable bonds is 2. The second-order valence-corrected chi connectivity index (χ2v) is 7.38. The SMILES string of the molecule is Cc1ccc(-c2cc(F)c(C3CCC(C)S3)c(F)c2)cc1. The van der Waals surface area contributed by atoms with E-state index in [1.54, 1.807) is 11.8 Å². The summed E-state index contributed by atoms with van der Waals surface area (Å²) in [6.07, 6.45) is 1.87. The van der Waals surface area contributed by atoms with E-state index in [9.17, 15) is 8.78 Å². The molecule has 0 bridgehead atoms. The summed E-state index contributed by atoms with van der Waals surface area (Å²) in [7, 11) is 0. The molecule has 0 aromatic heterocycles. The second kappa shape index (κ2) is 5.80. The van der Waals surface area contributed by atoms with Gasteiger partial charge in [0.1, 0.15) is 11.6 Å². The van der Waals surface area contributed by atoms with E-state index < -0.39 is 11.6 Å². The molecule has 1 aliphatic heterocycles. The van der Waals surface area contributed by atoms with Gasteiger partial charge in [0.15, 0.2) is 0 Å². The quantitative estimate of drug-likeness (QED) is 0.666. The maximum atomic E-state index is 14.4. The predicted octanol–water partition coefficient (Wildman–Crippen LogP) is 5.90. The number of hydrogen-bond acceptors (Lipinski definition) is 1. The molecular weight excluding hydrogens is 286 g/mol. The first-order valence-corrected chi connectivity index (χ1v) is 8.20. The highest BCUT2D eigenvalue weighted by Crippen LogP contribution is 2.46. The fourth-order valence-corrected chi connectivity index (χ4v) is 4.29. The Morgan fingerprint density at radius 2 is 1.57 bits per heavy atom. The zero-order chi connectivity index (χ0) is 15.0. The van der Waals surface area contributed by atoms with Crippen molar-refractivity contribution < 1.29 is 8.78 Å². The van der Waals surface area contributed by atoms with Gasteiger partial charge in [-0.05, 0) is 43.0 Å². The van der Waals surface area contributed by atoms with Gasteiger partial charge in [-0.15, -0.1) is 0 Å². The highest BCUT2D eigenvalue weighted by Gasteiger charge is 2.28. The lowest BCUT2D eigenvalue weighted by molar-refractivity contribution is 0.549. The molecule has 110 valence electrons. The number of halogens is 2. The van der Waals surface area contributed by atoms with E-state index in [1.807, 2.05) is 31.2 Å². The van der Waals surface area contributed by atoms with Gasteiger partial charge in [0.2, 0.25) is 0 Å². The topological polar surface area (TPSA) is 0 Å². The lowest BCUT2D eigenvalue weighted by Crippen LogP contribution is -2.00. The average Bonchev–Trinajstić information content (AvgIpc) is 2.85. The number of thioether (sulfide) groups is 1. The van der Waals surface area contributed by atoms with Gasteiger partial charge in [0, 0.05) is 16.1 Å². The molecule has 0 radical (unpaired) electrons. The second-order valence-electron chi connectivity index (χ2n) is 5.73. The van der Waals surface area contributed by atoms with E-state index in [0.717, 1.165) is 24.0 Å². The van der Waals surface area contributed by atoms with Crippen LogP contribution in [0.2, 0.25) is 0 Å². The molecule has 0 saturated carbocycles. The Balaban J connectivity index is 1.98. The maximum Gasteiger partial charge on any atom is 0.131 e. The Bertz CT molecular complexity index is 626. The van der Waals surface area contributed by atoms with Gasteiger partial charge in [-0.1, -0.05) is 36.8 Å². The molecule has 3 rings (SSSR count). The molecule has 0 nitrogen and oxygen atoms in total. The molecule has 0 N–H and O–H groups in total. The van der Waals surface area contributed by atoms with Gasteiger partial charge in [0.05, 0.1) is 0 Å². The Morgan fingerprint density at radius 1 is 0.952 bits per heavy atom. The number of benzene rings is 2. The van der Waals surface area contributed by atoms with Crippen LogP contribution < -0.4 is 0 Å². The van der Waals surface area contributed by atoms with E-state index >= 15 is 0 Å². The van der Waals surface area contributed by atoms with E-state index in [1.165, 1.54) is 12.1 Å². The molecule has 1 heterocycles. The minimum Gasteiger partial charge on any atom is -0.207 e. The minimum absolute atomic E-state index is 0.0490. The van der Waals surface area contributed by atoms with Gasteiger partial charge in [0.25, 0.3) is 0 Å². The van der Waals surface area contributed by atoms with Crippen molar-refractivity contribution in [1.29, 1.82) is 0 Å². The lowest BCUT2D eigenvalue weighted by Gasteiger charge is -2.14. The van der Waals surface area contributed by atoms with Gasteiger partial charge >= 0.3 is 0 Å². The summed E-state index contributed by atoms with van der Waals surface area (Å²) in [5.41, 5.74) is 2.83. The first-order valence-electron chi connectivity index (χ1n) is 7.26. The fourth-order valence-electron chi connectivity index (χ4n) is 2.82. The zero-order valence-electron chi connectivity index (χ0n) is 12.2. The standard InChI is InChI=1S/C18H18F2S/c1-11-3-6-13(7-4-11)14-9-15(19)18(16(20)10-14)17-8-5-12(2)21-17/h3-4,6-7,9-10,12,17H,5,8H2,1-2H3. The molecule has 2 atom stereocenters. The molecule has 2 aromatic carbocycles. The number of aryl methyl sites for hydroxylation is 1. The summed E-state index contributed by atoms with van der Waals surface area (Å²) in [6.45, 7) is 4.10. The Hall–Kier alpha value is -1.35. The van der Waals surface area contributed by atoms with E-state index in [0.29, 0.717) is 10.8 Å². The van der Waals surface area contributed by atoms with Crippen molar-refractivity contribution in [1.82, 2.24) is 0 Å². The zero-order valence-corrected chi connectivity index (χ0v) is 13.0. The van der Waals surface area contributed by atoms with Crippen LogP contribution in [0.15, 0.2) is 36.4 Å². The monoisotopic (exact) mass is 304 g/mol. The van der Waals surface area contributed by atoms with Crippen LogP contribution in [0.4, 0.5) is 8.78 Å². The predicted molar refractivity (Wildman–Crippen MR) is 85.6 cm³/mol. The maximum absolute atomic E-state index is 14.4. The highest BCUT2D eigenvalue weighted by atomic mass is 32.2. The van der Waals surface area contributed by atoms with Crippen LogP contribution in [0.5, 0.6) is 0 Å². The molecule has 1 fully saturated rings. The summed E-state index contributed by atoms with van der Waals surface area (Å²) in [5, 5.41) is 0.428. The van der Waals surface area contributed by atoms with Crippen molar-refractivity contribution >= 4 is 11.8 Å². The van der Waals surface area contributed by atoms with Crippen LogP contribution in [-0.2, 0) is 0 Å². The molecular formula is C18H18F2S. The van der Waals surface area contributed by atoms with Crippen molar-refractivity contribution in [3.05, 3.63) is 59.2 Å². The normalized spacial score (nSPS) is 21.7. The van der Waals surface area contributed by atoms with Crippen LogP contribution in [0.3, 0.4) is 0 Å². The van der Waals surface area contributed by atoms with E-state index in [2.05, 4.69) is 6.92 Å². The smallest absolute Gasteiger partial charge is 0.131 e. The molecule has 2 unspecified atom stereocenters. The van der Waals surface area contributed by atoms with Crippen LogP contribution in [0.1, 0.15) is 36.1 Å². The van der Waals surface area contributed by atoms with Crippen molar-refractivity contribution in [3.63, 3.8) is 0 Å². The lowest BCUT2D eigenvalue weighted by atomic mass is 9.99.